The molecule has 4 N–H and O–H groups in total. The van der Waals surface area contributed by atoms with Gasteiger partial charge < -0.3 is 19.8 Å². The monoisotopic (exact) mass is 799 g/mol. The van der Waals surface area contributed by atoms with Gasteiger partial charge >= 0.3 is 12.6 Å². The number of rotatable bonds is 11. The van der Waals surface area contributed by atoms with Crippen LogP contribution in [0.5, 0.6) is 5.75 Å². The van der Waals surface area contributed by atoms with Crippen molar-refractivity contribution in [1.82, 2.24) is 15.6 Å². The van der Waals surface area contributed by atoms with Crippen LogP contribution in [0.2, 0.25) is 0 Å². The minimum absolute atomic E-state index is 0.0308. The van der Waals surface area contributed by atoms with Crippen LogP contribution < -0.4 is 35.6 Å². The zero-order valence-corrected chi connectivity index (χ0v) is 30.9. The molecule has 3 aliphatic rings. The zero-order chi connectivity index (χ0) is 40.4. The van der Waals surface area contributed by atoms with E-state index in [1.807, 2.05) is 10.4 Å². The standard InChI is InChI=1S/C37H37F4N7O7S/c1-36(2)35(53)48(23-7-6-22(19-42)26(17-23)37(39,40)41)46-56(36)25-8-10-30(27(38)18-25)55-24-12-14-47(15-13-24)33-21(16-32(51)45-54-20-49)4-3-5-28(33)43-29-9-11-31(50)44-34(29)52/h3-8,10,17-18,20,24,29,43,46,56H,9,11-16H2,1-2H3,(H,45,51)(H,44,50,52). The SMILES string of the molecule is CC1(C)C(=O)N(c2ccc(C#N)c(C(F)(F)F)c2)N[SH]1c1ccc(OC2CCN(c3c(CC(=O)NOC=O)cccc3NC3CCC(=O)NC3=O)CC2)c(F)c1. The Hall–Kier alpha value is -5.87. The van der Waals surface area contributed by atoms with E-state index < -0.39 is 68.8 Å². The van der Waals surface area contributed by atoms with Gasteiger partial charge in [0.2, 0.25) is 11.8 Å². The molecule has 2 atom stereocenters. The summed E-state index contributed by atoms with van der Waals surface area (Å²) in [7, 11) is 0. The Morgan fingerprint density at radius 1 is 1.09 bits per heavy atom. The van der Waals surface area contributed by atoms with Crippen molar-refractivity contribution in [2.75, 3.05) is 28.3 Å². The Morgan fingerprint density at radius 3 is 2.50 bits per heavy atom. The number of hydrogen-bond acceptors (Lipinski definition) is 11. The van der Waals surface area contributed by atoms with Crippen molar-refractivity contribution < 1.29 is 51.1 Å². The number of nitrogens with zero attached hydrogens (tertiary/aromatic N) is 3. The first-order valence-electron chi connectivity index (χ1n) is 17.4. The number of carbonyl (C=O) groups is 5. The summed E-state index contributed by atoms with van der Waals surface area (Å²) < 4.78 is 61.7. The Morgan fingerprint density at radius 2 is 1.84 bits per heavy atom. The first-order chi connectivity index (χ1) is 26.6. The fourth-order valence-corrected chi connectivity index (χ4v) is 9.02. The van der Waals surface area contributed by atoms with Crippen LogP contribution in [0, 0.1) is 17.1 Å². The van der Waals surface area contributed by atoms with Crippen LogP contribution in [0.4, 0.5) is 34.6 Å². The van der Waals surface area contributed by atoms with Crippen LogP contribution >= 0.6 is 11.1 Å². The number of hydroxylamine groups is 1. The maximum atomic E-state index is 15.7. The summed E-state index contributed by atoms with van der Waals surface area (Å²) >= 11 is -1.67. The summed E-state index contributed by atoms with van der Waals surface area (Å²) in [5.41, 5.74) is 1.91. The van der Waals surface area contributed by atoms with Gasteiger partial charge in [-0.2, -0.15) is 28.7 Å². The van der Waals surface area contributed by atoms with Gasteiger partial charge in [0.15, 0.2) is 11.6 Å². The van der Waals surface area contributed by atoms with Gasteiger partial charge in [-0.25, -0.2) is 9.40 Å². The molecule has 14 nitrogen and oxygen atoms in total. The molecule has 296 valence electrons. The van der Waals surface area contributed by atoms with Gasteiger partial charge in [-0.15, -0.1) is 11.1 Å². The molecular weight excluding hydrogens is 763 g/mol. The van der Waals surface area contributed by atoms with E-state index in [4.69, 9.17) is 4.74 Å². The molecule has 3 fully saturated rings. The summed E-state index contributed by atoms with van der Waals surface area (Å²) in [5, 5.41) is 15.7. The number of ether oxygens (including phenoxy) is 1. The summed E-state index contributed by atoms with van der Waals surface area (Å²) in [6, 6.07) is 13.3. The van der Waals surface area contributed by atoms with Gasteiger partial charge in [0.25, 0.3) is 11.8 Å². The highest BCUT2D eigenvalue weighted by Crippen LogP contribution is 2.52. The third-order valence-electron chi connectivity index (χ3n) is 9.66. The maximum Gasteiger partial charge on any atom is 0.417 e. The molecule has 4 amide bonds. The second-order valence-corrected chi connectivity index (χ2v) is 16.3. The number of para-hydroxylation sites is 1. The van der Waals surface area contributed by atoms with Crippen LogP contribution in [0.25, 0.3) is 0 Å². The van der Waals surface area contributed by atoms with Crippen molar-refractivity contribution >= 4 is 58.2 Å². The second kappa shape index (κ2) is 16.1. The van der Waals surface area contributed by atoms with Crippen molar-refractivity contribution in [2.45, 2.75) is 73.9 Å². The molecular formula is C37H37F4N7O7S. The average molecular weight is 800 g/mol. The number of benzene rings is 3. The smallest absolute Gasteiger partial charge is 0.417 e. The van der Waals surface area contributed by atoms with Gasteiger partial charge in [0.1, 0.15) is 12.1 Å². The Kier molecular flexibility index (Phi) is 11.4. The Labute approximate surface area is 320 Å². The highest BCUT2D eigenvalue weighted by molar-refractivity contribution is 8.17. The highest BCUT2D eigenvalue weighted by atomic mass is 32.2. The van der Waals surface area contributed by atoms with Crippen molar-refractivity contribution in [3.05, 3.63) is 77.1 Å². The van der Waals surface area contributed by atoms with Crippen LogP contribution in [-0.2, 0) is 41.4 Å². The number of alkyl halides is 3. The van der Waals surface area contributed by atoms with E-state index >= 15 is 4.39 Å². The number of hydrogen-bond donors (Lipinski definition) is 5. The molecule has 3 saturated heterocycles. The Balaban J connectivity index is 1.15. The molecule has 3 aromatic rings. The minimum atomic E-state index is -4.83. The molecule has 6 rings (SSSR count). The number of amides is 4. The number of halogens is 4. The van der Waals surface area contributed by atoms with Crippen LogP contribution in [0.15, 0.2) is 59.5 Å². The summed E-state index contributed by atoms with van der Waals surface area (Å²) in [4.78, 5) is 70.7. The number of anilines is 3. The molecule has 56 heavy (non-hydrogen) atoms. The molecule has 3 aromatic carbocycles. The van der Waals surface area contributed by atoms with E-state index in [2.05, 4.69) is 20.3 Å². The van der Waals surface area contributed by atoms with E-state index in [0.717, 1.165) is 17.1 Å². The molecule has 3 heterocycles. The molecule has 0 aromatic heterocycles. The van der Waals surface area contributed by atoms with Crippen molar-refractivity contribution in [1.29, 1.82) is 5.26 Å². The van der Waals surface area contributed by atoms with Gasteiger partial charge in [-0.05, 0) is 68.3 Å². The summed E-state index contributed by atoms with van der Waals surface area (Å²) in [5.74, 6) is -2.68. The van der Waals surface area contributed by atoms with Crippen molar-refractivity contribution in [3.8, 4) is 11.8 Å². The van der Waals surface area contributed by atoms with E-state index in [1.165, 1.54) is 24.3 Å². The van der Waals surface area contributed by atoms with Gasteiger partial charge in [-0.3, -0.25) is 29.3 Å². The molecule has 3 aliphatic heterocycles. The van der Waals surface area contributed by atoms with Gasteiger partial charge in [-0.1, -0.05) is 12.1 Å². The number of hydrazine groups is 1. The third kappa shape index (κ3) is 8.35. The van der Waals surface area contributed by atoms with E-state index in [-0.39, 0.29) is 43.1 Å². The summed E-state index contributed by atoms with van der Waals surface area (Å²) in [6.07, 6.45) is -4.12. The van der Waals surface area contributed by atoms with E-state index in [1.54, 1.807) is 38.1 Å². The molecule has 0 saturated carbocycles. The first kappa shape index (κ1) is 39.8. The predicted molar refractivity (Wildman–Crippen MR) is 196 cm³/mol. The maximum absolute atomic E-state index is 15.7. The number of piperidine rings is 2. The topological polar surface area (TPSA) is 182 Å². The quantitative estimate of drug-likeness (QED) is 0.0613. The molecule has 0 spiro atoms. The third-order valence-corrected chi connectivity index (χ3v) is 12.2. The lowest BCUT2D eigenvalue weighted by atomic mass is 10.0. The zero-order valence-electron chi connectivity index (χ0n) is 30.0. The normalized spacial score (nSPS) is 20.6. The van der Waals surface area contributed by atoms with Gasteiger partial charge in [0, 0.05) is 37.2 Å². The minimum Gasteiger partial charge on any atom is -0.487 e. The highest BCUT2D eigenvalue weighted by Gasteiger charge is 2.47. The fraction of sp³-hybridized carbons (Fsp3) is 0.351. The first-order valence-corrected chi connectivity index (χ1v) is 18.8. The molecule has 0 aliphatic carbocycles. The molecule has 0 bridgehead atoms. The number of nitriles is 1. The van der Waals surface area contributed by atoms with E-state index in [9.17, 15) is 42.4 Å². The van der Waals surface area contributed by atoms with Crippen molar-refractivity contribution in [2.24, 2.45) is 0 Å². The van der Waals surface area contributed by atoms with Crippen LogP contribution in [0.1, 0.15) is 56.2 Å². The van der Waals surface area contributed by atoms with Crippen molar-refractivity contribution in [3.63, 3.8) is 0 Å². The number of carbonyl (C=O) groups excluding carboxylic acids is 5. The lowest BCUT2D eigenvalue weighted by Gasteiger charge is -2.37. The molecule has 0 radical (unpaired) electrons. The van der Waals surface area contributed by atoms with E-state index in [0.29, 0.717) is 47.8 Å². The molecule has 19 heteroatoms. The summed E-state index contributed by atoms with van der Waals surface area (Å²) in [6.45, 7) is 4.14. The second-order valence-electron chi connectivity index (χ2n) is 13.8. The predicted octanol–water partition coefficient (Wildman–Crippen LogP) is 4.33. The number of imide groups is 1. The number of nitrogens with one attached hydrogen (secondary N) is 4. The lowest BCUT2D eigenvalue weighted by molar-refractivity contribution is -0.146. The Bertz CT molecular complexity index is 2100. The number of thiol groups is 1. The van der Waals surface area contributed by atoms with Crippen LogP contribution in [-0.4, -0.2) is 60.1 Å². The lowest BCUT2D eigenvalue weighted by Crippen LogP contribution is -2.47. The molecule has 2 unspecified atom stereocenters. The van der Waals surface area contributed by atoms with Crippen LogP contribution in [0.3, 0.4) is 0 Å². The average Bonchev–Trinajstić information content (AvgIpc) is 3.40. The van der Waals surface area contributed by atoms with Gasteiger partial charge in [0.05, 0.1) is 45.4 Å². The largest absolute Gasteiger partial charge is 0.487 e. The fourth-order valence-electron chi connectivity index (χ4n) is 6.84.